The van der Waals surface area contributed by atoms with Crippen LogP contribution in [0.4, 0.5) is 0 Å². The molecule has 1 atom stereocenters. The van der Waals surface area contributed by atoms with Gasteiger partial charge in [0.1, 0.15) is 0 Å². The van der Waals surface area contributed by atoms with Crippen molar-refractivity contribution in [2.75, 3.05) is 0 Å². The first-order valence-corrected chi connectivity index (χ1v) is 6.21. The summed E-state index contributed by atoms with van der Waals surface area (Å²) in [6.45, 7) is 3.66. The third kappa shape index (κ3) is 2.36. The molecule has 0 spiro atoms. The number of aliphatic carboxylic acids is 1. The summed E-state index contributed by atoms with van der Waals surface area (Å²) < 4.78 is 0. The molecule has 0 saturated heterocycles. The molecule has 1 aromatic carbocycles. The number of hydrogen-bond donors (Lipinski definition) is 1. The second-order valence-electron chi connectivity index (χ2n) is 3.95. The van der Waals surface area contributed by atoms with Crippen LogP contribution in [-0.4, -0.2) is 16.1 Å². The van der Waals surface area contributed by atoms with Gasteiger partial charge in [0.15, 0.2) is 0 Å². The Balaban J connectivity index is 2.31. The second-order valence-corrected chi connectivity index (χ2v) is 4.80. The molecule has 2 rings (SSSR count). The van der Waals surface area contributed by atoms with E-state index in [9.17, 15) is 4.79 Å². The normalized spacial score (nSPS) is 12.4. The number of rotatable bonds is 3. The Hall–Kier alpha value is -1.68. The lowest BCUT2D eigenvalue weighted by molar-refractivity contribution is -0.138. The number of nitrogens with zero attached hydrogens (tertiary/aromatic N) is 1. The molecule has 0 fully saturated rings. The van der Waals surface area contributed by atoms with Gasteiger partial charge in [-0.1, -0.05) is 24.3 Å². The maximum Gasteiger partial charge on any atom is 0.310 e. The number of carboxylic acids is 1. The largest absolute Gasteiger partial charge is 0.481 e. The molecule has 0 bridgehead atoms. The predicted molar refractivity (Wildman–Crippen MR) is 68.3 cm³/mol. The van der Waals surface area contributed by atoms with E-state index in [1.165, 1.54) is 0 Å². The lowest BCUT2D eigenvalue weighted by Gasteiger charge is -2.07. The molecule has 1 aromatic heterocycles. The van der Waals surface area contributed by atoms with E-state index in [1.807, 2.05) is 36.7 Å². The van der Waals surface area contributed by atoms with Gasteiger partial charge < -0.3 is 5.11 Å². The Bertz CT molecular complexity index is 531. The first-order chi connectivity index (χ1) is 8.09. The van der Waals surface area contributed by atoms with E-state index in [1.54, 1.807) is 18.3 Å². The van der Waals surface area contributed by atoms with Gasteiger partial charge in [-0.25, -0.2) is 4.98 Å². The highest BCUT2D eigenvalue weighted by Gasteiger charge is 2.13. The molecular weight excluding hydrogens is 234 g/mol. The van der Waals surface area contributed by atoms with E-state index in [4.69, 9.17) is 5.11 Å². The molecule has 1 unspecified atom stereocenters. The highest BCUT2D eigenvalue weighted by molar-refractivity contribution is 7.13. The Morgan fingerprint density at radius 1 is 1.35 bits per heavy atom. The molecule has 2 aromatic rings. The lowest BCUT2D eigenvalue weighted by Crippen LogP contribution is -2.06. The van der Waals surface area contributed by atoms with E-state index >= 15 is 0 Å². The number of thiazole rings is 1. The topological polar surface area (TPSA) is 50.2 Å². The van der Waals surface area contributed by atoms with Gasteiger partial charge in [0.25, 0.3) is 0 Å². The molecule has 0 aliphatic heterocycles. The number of aromatic nitrogens is 1. The van der Waals surface area contributed by atoms with E-state index in [0.29, 0.717) is 0 Å². The fourth-order valence-electron chi connectivity index (χ4n) is 1.64. The van der Waals surface area contributed by atoms with E-state index in [-0.39, 0.29) is 0 Å². The molecule has 0 amide bonds. The summed E-state index contributed by atoms with van der Waals surface area (Å²) in [5, 5.41) is 8.92. The van der Waals surface area contributed by atoms with Gasteiger partial charge >= 0.3 is 5.97 Å². The molecule has 0 radical (unpaired) electrons. The number of carboxylic acid groups (broad SMARTS) is 1. The average molecular weight is 247 g/mol. The van der Waals surface area contributed by atoms with Gasteiger partial charge in [-0.3, -0.25) is 4.79 Å². The van der Waals surface area contributed by atoms with Crippen LogP contribution < -0.4 is 0 Å². The van der Waals surface area contributed by atoms with E-state index in [0.717, 1.165) is 21.7 Å². The van der Waals surface area contributed by atoms with Crippen molar-refractivity contribution < 1.29 is 9.90 Å². The van der Waals surface area contributed by atoms with Crippen LogP contribution in [0.3, 0.4) is 0 Å². The fourth-order valence-corrected chi connectivity index (χ4v) is 2.46. The molecule has 0 aliphatic rings. The summed E-state index contributed by atoms with van der Waals surface area (Å²) in [5.74, 6) is -1.27. The van der Waals surface area contributed by atoms with Crippen molar-refractivity contribution in [3.63, 3.8) is 0 Å². The number of benzene rings is 1. The predicted octanol–water partition coefficient (Wildman–Crippen LogP) is 3.31. The molecule has 17 heavy (non-hydrogen) atoms. The van der Waals surface area contributed by atoms with Crippen molar-refractivity contribution in [3.8, 4) is 10.4 Å². The summed E-state index contributed by atoms with van der Waals surface area (Å²) in [6.07, 6.45) is 0. The first kappa shape index (κ1) is 11.8. The van der Waals surface area contributed by atoms with Crippen molar-refractivity contribution in [2.24, 2.45) is 0 Å². The molecule has 0 aliphatic carbocycles. The van der Waals surface area contributed by atoms with Gasteiger partial charge in [0.2, 0.25) is 0 Å². The van der Waals surface area contributed by atoms with E-state index < -0.39 is 11.9 Å². The molecule has 1 N–H and O–H groups in total. The maximum absolute atomic E-state index is 10.9. The van der Waals surface area contributed by atoms with Crippen molar-refractivity contribution >= 4 is 17.3 Å². The van der Waals surface area contributed by atoms with Crippen molar-refractivity contribution in [1.82, 2.24) is 4.98 Å². The summed E-state index contributed by atoms with van der Waals surface area (Å²) in [6, 6.07) is 7.64. The van der Waals surface area contributed by atoms with Gasteiger partial charge in [0.05, 0.1) is 22.0 Å². The zero-order chi connectivity index (χ0) is 12.4. The van der Waals surface area contributed by atoms with Crippen LogP contribution in [0.2, 0.25) is 0 Å². The third-order valence-electron chi connectivity index (χ3n) is 2.79. The lowest BCUT2D eigenvalue weighted by atomic mass is 9.99. The van der Waals surface area contributed by atoms with Crippen LogP contribution in [-0.2, 0) is 4.79 Å². The fraction of sp³-hybridized carbons (Fsp3) is 0.231. The van der Waals surface area contributed by atoms with Gasteiger partial charge in [-0.2, -0.15) is 0 Å². The van der Waals surface area contributed by atoms with E-state index in [2.05, 4.69) is 4.98 Å². The number of carbonyl (C=O) groups is 1. The molecular formula is C13H13NO2S. The van der Waals surface area contributed by atoms with Crippen molar-refractivity contribution in [2.45, 2.75) is 19.8 Å². The van der Waals surface area contributed by atoms with Crippen LogP contribution in [0, 0.1) is 6.92 Å². The highest BCUT2D eigenvalue weighted by atomic mass is 32.1. The Labute approximate surface area is 104 Å². The van der Waals surface area contributed by atoms with Crippen molar-refractivity contribution in [1.29, 1.82) is 0 Å². The Morgan fingerprint density at radius 3 is 2.47 bits per heavy atom. The van der Waals surface area contributed by atoms with Crippen LogP contribution in [0.15, 0.2) is 29.8 Å². The number of aryl methyl sites for hydroxylation is 1. The standard InChI is InChI=1S/C13H13NO2S/c1-8(13(15)16)10-3-5-11(6-4-10)12-9(2)14-7-17-12/h3-8H,1-2H3,(H,15,16). The quantitative estimate of drug-likeness (QED) is 0.905. The second kappa shape index (κ2) is 4.67. The third-order valence-corrected chi connectivity index (χ3v) is 3.77. The Kier molecular flexibility index (Phi) is 3.24. The SMILES string of the molecule is Cc1ncsc1-c1ccc(C(C)C(=O)O)cc1. The molecule has 3 nitrogen and oxygen atoms in total. The van der Waals surface area contributed by atoms with Crippen molar-refractivity contribution in [3.05, 3.63) is 41.0 Å². The zero-order valence-electron chi connectivity index (χ0n) is 9.68. The Morgan fingerprint density at radius 2 is 2.00 bits per heavy atom. The first-order valence-electron chi connectivity index (χ1n) is 5.33. The summed E-state index contributed by atoms with van der Waals surface area (Å²) in [5.41, 5.74) is 4.74. The molecule has 4 heteroatoms. The average Bonchev–Trinajstić information content (AvgIpc) is 2.74. The highest BCUT2D eigenvalue weighted by Crippen LogP contribution is 2.28. The van der Waals surface area contributed by atoms with Gasteiger partial charge in [0, 0.05) is 0 Å². The minimum absolute atomic E-state index is 0.466. The van der Waals surface area contributed by atoms with Gasteiger partial charge in [-0.05, 0) is 25.0 Å². The van der Waals surface area contributed by atoms with Crippen LogP contribution in [0.25, 0.3) is 10.4 Å². The zero-order valence-corrected chi connectivity index (χ0v) is 10.5. The summed E-state index contributed by atoms with van der Waals surface area (Å²) in [4.78, 5) is 16.2. The monoisotopic (exact) mass is 247 g/mol. The maximum atomic E-state index is 10.9. The minimum atomic E-state index is -0.799. The molecule has 0 saturated carbocycles. The molecule has 1 heterocycles. The van der Waals surface area contributed by atoms with Crippen LogP contribution in [0.5, 0.6) is 0 Å². The number of hydrogen-bond acceptors (Lipinski definition) is 3. The molecule has 88 valence electrons. The smallest absolute Gasteiger partial charge is 0.310 e. The van der Waals surface area contributed by atoms with Crippen LogP contribution in [0.1, 0.15) is 24.1 Å². The van der Waals surface area contributed by atoms with Crippen LogP contribution >= 0.6 is 11.3 Å². The summed E-state index contributed by atoms with van der Waals surface area (Å²) in [7, 11) is 0. The minimum Gasteiger partial charge on any atom is -0.481 e. The summed E-state index contributed by atoms with van der Waals surface area (Å²) >= 11 is 1.60. The van der Waals surface area contributed by atoms with Gasteiger partial charge in [-0.15, -0.1) is 11.3 Å².